The van der Waals surface area contributed by atoms with Crippen molar-refractivity contribution in [1.82, 2.24) is 5.32 Å². The van der Waals surface area contributed by atoms with E-state index in [1.807, 2.05) is 0 Å². The van der Waals surface area contributed by atoms with Crippen LogP contribution in [-0.2, 0) is 5.54 Å². The number of nitrogens with one attached hydrogen (secondary N) is 1. The number of benzene rings is 1. The molecular weight excluding hydrogens is 210 g/mol. The Morgan fingerprint density at radius 2 is 1.87 bits per heavy atom. The molecule has 0 aliphatic carbocycles. The maximum atomic E-state index is 13.3. The second kappa shape index (κ2) is 4.18. The summed E-state index contributed by atoms with van der Waals surface area (Å²) >= 11 is 0. The molecule has 0 amide bonds. The zero-order chi connectivity index (χ0) is 11.6. The molecule has 1 aromatic carbocycles. The maximum absolute atomic E-state index is 13.3. The molecule has 1 aromatic rings. The Morgan fingerprint density at radius 1 is 1.27 bits per heavy atom. The van der Waals surface area contributed by atoms with Crippen LogP contribution < -0.4 is 5.32 Å². The van der Waals surface area contributed by atoms with Crippen LogP contribution in [-0.4, -0.2) is 13.5 Å². The molecule has 0 aromatic heterocycles. The van der Waals surface area contributed by atoms with Crippen molar-refractivity contribution in [3.63, 3.8) is 0 Å². The minimum Gasteiger partial charge on any atom is -0.306 e. The van der Waals surface area contributed by atoms with E-state index in [-0.39, 0.29) is 5.56 Å². The van der Waals surface area contributed by atoms with E-state index in [1.165, 1.54) is 13.1 Å². The van der Waals surface area contributed by atoms with Crippen LogP contribution in [0, 0.1) is 11.6 Å². The van der Waals surface area contributed by atoms with Crippen molar-refractivity contribution in [2.45, 2.75) is 18.9 Å². The Morgan fingerprint density at radius 3 is 2.33 bits per heavy atom. The van der Waals surface area contributed by atoms with Crippen LogP contribution in [0.1, 0.15) is 12.5 Å². The van der Waals surface area contributed by atoms with E-state index in [0.717, 1.165) is 19.1 Å². The number of halogens is 4. The van der Waals surface area contributed by atoms with Gasteiger partial charge >= 0.3 is 0 Å². The van der Waals surface area contributed by atoms with Gasteiger partial charge in [0.05, 0.1) is 0 Å². The fraction of sp³-hybridized carbons (Fsp3) is 0.400. The summed E-state index contributed by atoms with van der Waals surface area (Å²) in [4.78, 5) is 0. The van der Waals surface area contributed by atoms with Gasteiger partial charge in [-0.1, -0.05) is 12.1 Å². The standard InChI is InChI=1S/C10H11F4N/c1-10(15-2,9(13)14)6-4-3-5-7(11)8(6)12/h3-5,9,15H,1-2H3. The van der Waals surface area contributed by atoms with E-state index in [0.29, 0.717) is 0 Å². The van der Waals surface area contributed by atoms with Crippen molar-refractivity contribution in [1.29, 1.82) is 0 Å². The fourth-order valence-corrected chi connectivity index (χ4v) is 1.27. The molecular formula is C10H11F4N. The molecule has 1 nitrogen and oxygen atoms in total. The molecule has 0 aliphatic rings. The van der Waals surface area contributed by atoms with Crippen molar-refractivity contribution in [2.24, 2.45) is 0 Å². The lowest BCUT2D eigenvalue weighted by molar-refractivity contribution is 0.0407. The van der Waals surface area contributed by atoms with Gasteiger partial charge in [0.15, 0.2) is 11.6 Å². The molecule has 1 rings (SSSR count). The smallest absolute Gasteiger partial charge is 0.260 e. The lowest BCUT2D eigenvalue weighted by atomic mass is 9.92. The Kier molecular flexibility index (Phi) is 3.34. The van der Waals surface area contributed by atoms with Crippen LogP contribution in [0.25, 0.3) is 0 Å². The topological polar surface area (TPSA) is 12.0 Å². The third-order valence-corrected chi connectivity index (χ3v) is 2.47. The molecule has 0 aliphatic heterocycles. The van der Waals surface area contributed by atoms with Crippen LogP contribution in [0.4, 0.5) is 17.6 Å². The van der Waals surface area contributed by atoms with E-state index in [4.69, 9.17) is 0 Å². The average Bonchev–Trinajstić information content (AvgIpc) is 2.20. The van der Waals surface area contributed by atoms with Crippen molar-refractivity contribution in [2.75, 3.05) is 7.05 Å². The molecule has 0 radical (unpaired) electrons. The number of rotatable bonds is 3. The summed E-state index contributed by atoms with van der Waals surface area (Å²) in [6, 6.07) is 3.23. The molecule has 0 heterocycles. The predicted molar refractivity (Wildman–Crippen MR) is 48.8 cm³/mol. The molecule has 5 heteroatoms. The molecule has 0 saturated heterocycles. The molecule has 0 fully saturated rings. The average molecular weight is 221 g/mol. The van der Waals surface area contributed by atoms with Gasteiger partial charge in [0.25, 0.3) is 6.43 Å². The van der Waals surface area contributed by atoms with Gasteiger partial charge < -0.3 is 5.32 Å². The third kappa shape index (κ3) is 1.97. The van der Waals surface area contributed by atoms with Crippen molar-refractivity contribution < 1.29 is 17.6 Å². The summed E-state index contributed by atoms with van der Waals surface area (Å²) in [5.41, 5.74) is -2.26. The Bertz CT molecular complexity index is 353. The molecule has 84 valence electrons. The summed E-state index contributed by atoms with van der Waals surface area (Å²) in [6.07, 6.45) is -2.83. The monoisotopic (exact) mass is 221 g/mol. The Balaban J connectivity index is 3.30. The van der Waals surface area contributed by atoms with Crippen LogP contribution in [0.15, 0.2) is 18.2 Å². The van der Waals surface area contributed by atoms with E-state index in [2.05, 4.69) is 5.32 Å². The molecule has 1 atom stereocenters. The SMILES string of the molecule is CNC(C)(c1cccc(F)c1F)C(F)F. The van der Waals surface area contributed by atoms with E-state index < -0.39 is 23.6 Å². The van der Waals surface area contributed by atoms with Gasteiger partial charge in [-0.05, 0) is 20.0 Å². The van der Waals surface area contributed by atoms with Crippen LogP contribution in [0.3, 0.4) is 0 Å². The van der Waals surface area contributed by atoms with Gasteiger partial charge in [0, 0.05) is 5.56 Å². The summed E-state index contributed by atoms with van der Waals surface area (Å²) < 4.78 is 51.6. The van der Waals surface area contributed by atoms with Crippen molar-refractivity contribution in [3.8, 4) is 0 Å². The maximum Gasteiger partial charge on any atom is 0.260 e. The van der Waals surface area contributed by atoms with Crippen LogP contribution >= 0.6 is 0 Å². The number of hydrogen-bond donors (Lipinski definition) is 1. The van der Waals surface area contributed by atoms with E-state index in [1.54, 1.807) is 0 Å². The van der Waals surface area contributed by atoms with E-state index >= 15 is 0 Å². The largest absolute Gasteiger partial charge is 0.306 e. The second-order valence-corrected chi connectivity index (χ2v) is 3.35. The van der Waals surface area contributed by atoms with Gasteiger partial charge in [0.1, 0.15) is 5.54 Å². The van der Waals surface area contributed by atoms with Gasteiger partial charge in [-0.2, -0.15) is 0 Å². The molecule has 1 unspecified atom stereocenters. The first kappa shape index (κ1) is 12.0. The molecule has 0 spiro atoms. The highest BCUT2D eigenvalue weighted by atomic mass is 19.3. The summed E-state index contributed by atoms with van der Waals surface area (Å²) in [5, 5.41) is 2.31. The van der Waals surface area contributed by atoms with Gasteiger partial charge in [-0.15, -0.1) is 0 Å². The lowest BCUT2D eigenvalue weighted by Gasteiger charge is -2.29. The first-order valence-electron chi connectivity index (χ1n) is 4.35. The lowest BCUT2D eigenvalue weighted by Crippen LogP contribution is -2.44. The minimum absolute atomic E-state index is 0.375. The second-order valence-electron chi connectivity index (χ2n) is 3.35. The highest BCUT2D eigenvalue weighted by Gasteiger charge is 2.38. The predicted octanol–water partition coefficient (Wildman–Crippen LogP) is 2.66. The molecule has 0 saturated carbocycles. The zero-order valence-electron chi connectivity index (χ0n) is 8.32. The van der Waals surface area contributed by atoms with E-state index in [9.17, 15) is 17.6 Å². The van der Waals surface area contributed by atoms with Gasteiger partial charge in [-0.25, -0.2) is 17.6 Å². The van der Waals surface area contributed by atoms with Gasteiger partial charge in [-0.3, -0.25) is 0 Å². The van der Waals surface area contributed by atoms with Crippen molar-refractivity contribution >= 4 is 0 Å². The highest BCUT2D eigenvalue weighted by molar-refractivity contribution is 5.27. The van der Waals surface area contributed by atoms with Crippen LogP contribution in [0.2, 0.25) is 0 Å². The number of alkyl halides is 2. The zero-order valence-corrected chi connectivity index (χ0v) is 8.32. The molecule has 15 heavy (non-hydrogen) atoms. The van der Waals surface area contributed by atoms with Crippen molar-refractivity contribution in [3.05, 3.63) is 35.4 Å². The van der Waals surface area contributed by atoms with Crippen LogP contribution in [0.5, 0.6) is 0 Å². The first-order valence-corrected chi connectivity index (χ1v) is 4.35. The summed E-state index contributed by atoms with van der Waals surface area (Å²) in [7, 11) is 1.27. The highest BCUT2D eigenvalue weighted by Crippen LogP contribution is 2.30. The normalized spacial score (nSPS) is 15.4. The quantitative estimate of drug-likeness (QED) is 0.774. The molecule has 0 bridgehead atoms. The minimum atomic E-state index is -2.83. The Hall–Kier alpha value is -1.10. The third-order valence-electron chi connectivity index (χ3n) is 2.47. The van der Waals surface area contributed by atoms with Gasteiger partial charge in [0.2, 0.25) is 0 Å². The Labute approximate surface area is 85.1 Å². The summed E-state index contributed by atoms with van der Waals surface area (Å²) in [6.45, 7) is 1.12. The first-order chi connectivity index (χ1) is 6.93. The number of hydrogen-bond acceptors (Lipinski definition) is 1. The fourth-order valence-electron chi connectivity index (χ4n) is 1.27. The summed E-state index contributed by atoms with van der Waals surface area (Å²) in [5.74, 6) is -2.37. The molecule has 1 N–H and O–H groups in total.